The molecule has 2 bridgehead atoms. The molecule has 176 valence electrons. The summed E-state index contributed by atoms with van der Waals surface area (Å²) in [5, 5.41) is 0. The molecule has 0 saturated carbocycles. The number of pyridine rings is 1. The molecule has 34 heavy (non-hydrogen) atoms. The Hall–Kier alpha value is -3.86. The zero-order valence-corrected chi connectivity index (χ0v) is 18.8. The van der Waals surface area contributed by atoms with Crippen molar-refractivity contribution in [3.05, 3.63) is 47.9 Å². The largest absolute Gasteiger partial charge is 0.421 e. The van der Waals surface area contributed by atoms with E-state index in [1.165, 1.54) is 17.0 Å². The number of hydrogen-bond acceptors (Lipinski definition) is 9. The summed E-state index contributed by atoms with van der Waals surface area (Å²) in [6.45, 7) is 1.30. The number of nitrogens with zero attached hydrogens (tertiary/aromatic N) is 6. The Morgan fingerprint density at radius 2 is 1.91 bits per heavy atom. The summed E-state index contributed by atoms with van der Waals surface area (Å²) in [4.78, 5) is 33.1. The van der Waals surface area contributed by atoms with E-state index < -0.39 is 5.82 Å². The fourth-order valence-electron chi connectivity index (χ4n) is 4.05. The molecule has 2 aromatic heterocycles. The van der Waals surface area contributed by atoms with Crippen molar-refractivity contribution in [3.8, 4) is 23.1 Å². The van der Waals surface area contributed by atoms with Gasteiger partial charge >= 0.3 is 6.01 Å². The van der Waals surface area contributed by atoms with Crippen molar-refractivity contribution in [2.75, 3.05) is 37.8 Å². The Labute approximate surface area is 195 Å². The van der Waals surface area contributed by atoms with Crippen molar-refractivity contribution in [3.63, 3.8) is 0 Å². The molecule has 0 spiro atoms. The number of morpholine rings is 1. The van der Waals surface area contributed by atoms with Gasteiger partial charge in [0.1, 0.15) is 5.82 Å². The lowest BCUT2D eigenvalue weighted by Gasteiger charge is -2.32. The first-order chi connectivity index (χ1) is 16.4. The summed E-state index contributed by atoms with van der Waals surface area (Å²) < 4.78 is 26.4. The van der Waals surface area contributed by atoms with Crippen molar-refractivity contribution in [2.24, 2.45) is 0 Å². The van der Waals surface area contributed by atoms with Gasteiger partial charge in [0.2, 0.25) is 5.95 Å². The Morgan fingerprint density at radius 1 is 1.15 bits per heavy atom. The van der Waals surface area contributed by atoms with E-state index in [2.05, 4.69) is 19.9 Å². The number of nitrogen functional groups attached to an aromatic ring is 1. The lowest BCUT2D eigenvalue weighted by atomic mass is 10.2. The first kappa shape index (κ1) is 22.0. The number of anilines is 2. The lowest BCUT2D eigenvalue weighted by molar-refractivity contribution is 0.0299. The van der Waals surface area contributed by atoms with Crippen LogP contribution in [0.2, 0.25) is 0 Å². The molecular formula is C23H24FN7O3. The number of nitrogens with two attached hydrogens (primary N) is 1. The molecule has 4 heterocycles. The predicted molar refractivity (Wildman–Crippen MR) is 122 cm³/mol. The first-order valence-corrected chi connectivity index (χ1v) is 10.9. The van der Waals surface area contributed by atoms with E-state index in [1.54, 1.807) is 32.4 Å². The van der Waals surface area contributed by atoms with Crippen molar-refractivity contribution in [2.45, 2.75) is 25.0 Å². The van der Waals surface area contributed by atoms with Crippen molar-refractivity contribution >= 4 is 17.7 Å². The van der Waals surface area contributed by atoms with Gasteiger partial charge in [-0.15, -0.1) is 0 Å². The predicted octanol–water partition coefficient (Wildman–Crippen LogP) is 2.52. The number of halogens is 1. The van der Waals surface area contributed by atoms with Gasteiger partial charge in [0.25, 0.3) is 5.91 Å². The van der Waals surface area contributed by atoms with E-state index in [4.69, 9.17) is 15.2 Å². The summed E-state index contributed by atoms with van der Waals surface area (Å²) >= 11 is 0. The topological polar surface area (TPSA) is 120 Å². The van der Waals surface area contributed by atoms with Crippen molar-refractivity contribution in [1.82, 2.24) is 24.8 Å². The highest BCUT2D eigenvalue weighted by Crippen LogP contribution is 2.31. The third-order valence-electron chi connectivity index (χ3n) is 5.76. The summed E-state index contributed by atoms with van der Waals surface area (Å²) in [5.74, 6) is -0.00433. The molecule has 2 N–H and O–H groups in total. The third kappa shape index (κ3) is 4.46. The Morgan fingerprint density at radius 3 is 2.56 bits per heavy atom. The molecule has 3 aromatic rings. The van der Waals surface area contributed by atoms with E-state index in [-0.39, 0.29) is 35.4 Å². The molecule has 0 radical (unpaired) electrons. The van der Waals surface area contributed by atoms with Crippen LogP contribution in [0.1, 0.15) is 23.2 Å². The van der Waals surface area contributed by atoms with Gasteiger partial charge in [-0.05, 0) is 43.2 Å². The van der Waals surface area contributed by atoms with Crippen LogP contribution in [0.3, 0.4) is 0 Å². The Kier molecular flexibility index (Phi) is 5.70. The van der Waals surface area contributed by atoms with Crippen molar-refractivity contribution < 1.29 is 18.7 Å². The zero-order valence-electron chi connectivity index (χ0n) is 18.8. The summed E-state index contributed by atoms with van der Waals surface area (Å²) in [7, 11) is 3.20. The Bertz CT molecular complexity index is 1210. The highest BCUT2D eigenvalue weighted by Gasteiger charge is 2.35. The number of carbonyl (C=O) groups is 1. The smallest absolute Gasteiger partial charge is 0.327 e. The average molecular weight is 465 g/mol. The molecule has 2 aliphatic rings. The maximum atomic E-state index is 14.8. The van der Waals surface area contributed by atoms with Crippen LogP contribution in [0.5, 0.6) is 11.8 Å². The fraction of sp³-hybridized carbons (Fsp3) is 0.348. The molecule has 1 aromatic carbocycles. The monoisotopic (exact) mass is 465 g/mol. The normalized spacial score (nSPS) is 19.2. The molecule has 5 rings (SSSR count). The molecule has 0 aliphatic carbocycles. The number of rotatable bonds is 5. The minimum atomic E-state index is -0.699. The number of carbonyl (C=O) groups excluding carboxylic acids is 1. The number of ether oxygens (including phenoxy) is 2. The summed E-state index contributed by atoms with van der Waals surface area (Å²) in [5.41, 5.74) is 6.54. The molecule has 2 unspecified atom stereocenters. The van der Waals surface area contributed by atoms with E-state index in [9.17, 15) is 9.18 Å². The first-order valence-electron chi connectivity index (χ1n) is 10.9. The maximum absolute atomic E-state index is 14.8. The SMILES string of the molecule is CN(C)C(=O)c1ccc(Oc2nc(-c3ccc(N)nc3)nc(N3CC4CCC(C3)O4)n2)c(F)c1. The average Bonchev–Trinajstić information content (AvgIpc) is 3.17. The molecule has 10 nitrogen and oxygen atoms in total. The van der Waals surface area contributed by atoms with Crippen LogP contribution >= 0.6 is 0 Å². The van der Waals surface area contributed by atoms with Gasteiger partial charge in [-0.2, -0.15) is 15.0 Å². The second-order valence-electron chi connectivity index (χ2n) is 8.52. The van der Waals surface area contributed by atoms with Gasteiger partial charge < -0.3 is 25.0 Å². The maximum Gasteiger partial charge on any atom is 0.327 e. The number of fused-ring (bicyclic) bond motifs is 2. The van der Waals surface area contributed by atoms with Crippen LogP contribution in [0.25, 0.3) is 11.4 Å². The zero-order chi connectivity index (χ0) is 23.8. The third-order valence-corrected chi connectivity index (χ3v) is 5.76. The highest BCUT2D eigenvalue weighted by molar-refractivity contribution is 5.94. The van der Waals surface area contributed by atoms with Crippen LogP contribution in [-0.2, 0) is 4.74 Å². The molecule has 2 fully saturated rings. The fourth-order valence-corrected chi connectivity index (χ4v) is 4.05. The minimum Gasteiger partial charge on any atom is -0.421 e. The molecule has 2 aliphatic heterocycles. The van der Waals surface area contributed by atoms with Gasteiger partial charge in [-0.1, -0.05) is 0 Å². The van der Waals surface area contributed by atoms with Gasteiger partial charge in [-0.25, -0.2) is 9.37 Å². The Balaban J connectivity index is 1.49. The second-order valence-corrected chi connectivity index (χ2v) is 8.52. The van der Waals surface area contributed by atoms with E-state index in [0.29, 0.717) is 36.2 Å². The number of amides is 1. The second kappa shape index (κ2) is 8.82. The molecule has 11 heteroatoms. The molecule has 2 saturated heterocycles. The van der Waals surface area contributed by atoms with Crippen LogP contribution in [-0.4, -0.2) is 70.1 Å². The van der Waals surface area contributed by atoms with E-state index in [1.807, 2.05) is 4.90 Å². The summed E-state index contributed by atoms with van der Waals surface area (Å²) in [6, 6.07) is 7.33. The molecule has 2 atom stereocenters. The number of hydrogen-bond donors (Lipinski definition) is 1. The number of aromatic nitrogens is 4. The van der Waals surface area contributed by atoms with E-state index in [0.717, 1.165) is 18.9 Å². The molecule has 1 amide bonds. The minimum absolute atomic E-state index is 0.0683. The number of benzene rings is 1. The van der Waals surface area contributed by atoms with Crippen LogP contribution in [0, 0.1) is 5.82 Å². The van der Waals surface area contributed by atoms with Gasteiger partial charge in [0, 0.05) is 44.5 Å². The summed E-state index contributed by atoms with van der Waals surface area (Å²) in [6.07, 6.45) is 3.80. The van der Waals surface area contributed by atoms with Gasteiger partial charge in [0.05, 0.1) is 12.2 Å². The van der Waals surface area contributed by atoms with Crippen LogP contribution < -0.4 is 15.4 Å². The standard InChI is InChI=1S/C23H24FN7O3/c1-30(2)21(32)13-3-7-18(17(24)9-13)34-23-28-20(14-4-8-19(25)26-10-14)27-22(29-23)31-11-15-5-6-16(12-31)33-15/h3-4,7-10,15-16H,5-6,11-12H2,1-2H3,(H2,25,26). The van der Waals surface area contributed by atoms with Crippen molar-refractivity contribution in [1.29, 1.82) is 0 Å². The lowest BCUT2D eigenvalue weighted by Crippen LogP contribution is -2.43. The molecular weight excluding hydrogens is 441 g/mol. The van der Waals surface area contributed by atoms with Gasteiger partial charge in [-0.3, -0.25) is 4.79 Å². The van der Waals surface area contributed by atoms with Crippen LogP contribution in [0.15, 0.2) is 36.5 Å². The van der Waals surface area contributed by atoms with Gasteiger partial charge in [0.15, 0.2) is 17.4 Å². The highest BCUT2D eigenvalue weighted by atomic mass is 19.1. The van der Waals surface area contributed by atoms with E-state index >= 15 is 0 Å². The quantitative estimate of drug-likeness (QED) is 0.606. The van der Waals surface area contributed by atoms with Crippen LogP contribution in [0.4, 0.5) is 16.2 Å².